The van der Waals surface area contributed by atoms with Crippen molar-refractivity contribution in [2.45, 2.75) is 59.3 Å². The van der Waals surface area contributed by atoms with Crippen LogP contribution in [0, 0.1) is 5.41 Å². The summed E-state index contributed by atoms with van der Waals surface area (Å²) in [5.41, 5.74) is -0.122. The van der Waals surface area contributed by atoms with E-state index >= 15 is 0 Å². The molecule has 154 valence electrons. The summed E-state index contributed by atoms with van der Waals surface area (Å²) in [7, 11) is -1.66. The van der Waals surface area contributed by atoms with Crippen LogP contribution in [0.3, 0.4) is 0 Å². The summed E-state index contributed by atoms with van der Waals surface area (Å²) in [6.07, 6.45) is 4.61. The molecule has 0 unspecified atom stereocenters. The van der Waals surface area contributed by atoms with Crippen LogP contribution in [-0.4, -0.2) is 46.7 Å². The molecule has 0 amide bonds. The van der Waals surface area contributed by atoms with Crippen LogP contribution in [0.4, 0.5) is 0 Å². The number of alkyl halides is 2. The van der Waals surface area contributed by atoms with E-state index in [1.54, 1.807) is 0 Å². The number of rotatable bonds is 12. The minimum absolute atomic E-state index is 0.0610. The molecule has 0 saturated heterocycles. The Balaban J connectivity index is 0. The van der Waals surface area contributed by atoms with E-state index in [-0.39, 0.29) is 23.5 Å². The van der Waals surface area contributed by atoms with Crippen molar-refractivity contribution in [2.75, 3.05) is 29.9 Å². The van der Waals surface area contributed by atoms with Gasteiger partial charge in [-0.05, 0) is 31.1 Å². The number of hydrogen-bond acceptors (Lipinski definition) is 5. The summed E-state index contributed by atoms with van der Waals surface area (Å²) in [4.78, 5) is 0. The molecule has 0 aliphatic rings. The van der Waals surface area contributed by atoms with E-state index in [0.717, 1.165) is 25.7 Å². The maximum absolute atomic E-state index is 11.4. The molecule has 0 aromatic rings. The predicted molar refractivity (Wildman–Crippen MR) is 108 cm³/mol. The first-order valence-electron chi connectivity index (χ1n) is 8.24. The van der Waals surface area contributed by atoms with Gasteiger partial charge in [-0.25, -0.2) is 8.42 Å². The van der Waals surface area contributed by atoms with Crippen LogP contribution >= 0.6 is 33.9 Å². The molecule has 0 radical (unpaired) electrons. The average molecular weight is 462 g/mol. The Morgan fingerprint density at radius 1 is 0.760 bits per heavy atom. The van der Waals surface area contributed by atoms with E-state index in [4.69, 9.17) is 38.1 Å². The highest BCUT2D eigenvalue weighted by atomic mass is 35.7. The van der Waals surface area contributed by atoms with Crippen molar-refractivity contribution >= 4 is 53.1 Å². The van der Waals surface area contributed by atoms with Crippen molar-refractivity contribution in [1.29, 1.82) is 0 Å². The Kier molecular flexibility index (Phi) is 16.5. The van der Waals surface area contributed by atoms with Gasteiger partial charge in [-0.3, -0.25) is 4.18 Å². The van der Waals surface area contributed by atoms with Gasteiger partial charge in [-0.15, -0.1) is 23.2 Å². The van der Waals surface area contributed by atoms with Crippen LogP contribution < -0.4 is 0 Å². The molecule has 0 atom stereocenters. The first-order chi connectivity index (χ1) is 11.3. The summed E-state index contributed by atoms with van der Waals surface area (Å²) in [6.45, 7) is 6.06. The quantitative estimate of drug-likeness (QED) is 0.181. The largest absolute Gasteiger partial charge is 0.270 e. The molecule has 0 fully saturated rings. The fourth-order valence-electron chi connectivity index (χ4n) is 1.42. The molecule has 10 heteroatoms. The third kappa shape index (κ3) is 27.1. The molecule has 0 aromatic carbocycles. The van der Waals surface area contributed by atoms with E-state index in [9.17, 15) is 16.8 Å². The first-order valence-corrected chi connectivity index (χ1v) is 13.4. The summed E-state index contributed by atoms with van der Waals surface area (Å²) in [6, 6.07) is 0. The SMILES string of the molecule is CC(C)(C)COS(=O)(=O)CCCCCCl.O=S(=O)(Cl)CCCCCCl. The lowest BCUT2D eigenvalue weighted by molar-refractivity contribution is 0.203. The highest BCUT2D eigenvalue weighted by molar-refractivity contribution is 8.13. The molecule has 0 N–H and O–H groups in total. The predicted octanol–water partition coefficient (Wildman–Crippen LogP) is 4.75. The molecule has 0 spiro atoms. The topological polar surface area (TPSA) is 77.5 Å². The van der Waals surface area contributed by atoms with Gasteiger partial charge < -0.3 is 0 Å². The fraction of sp³-hybridized carbons (Fsp3) is 1.00. The Labute approximate surface area is 168 Å². The van der Waals surface area contributed by atoms with Crippen molar-refractivity contribution in [1.82, 2.24) is 0 Å². The van der Waals surface area contributed by atoms with E-state index in [1.165, 1.54) is 0 Å². The van der Waals surface area contributed by atoms with Gasteiger partial charge in [0.05, 0.1) is 18.1 Å². The summed E-state index contributed by atoms with van der Waals surface area (Å²) >= 11 is 10.9. The van der Waals surface area contributed by atoms with Crippen LogP contribution in [0.5, 0.6) is 0 Å². The van der Waals surface area contributed by atoms with Crippen molar-refractivity contribution in [3.8, 4) is 0 Å². The number of unbranched alkanes of at least 4 members (excludes halogenated alkanes) is 4. The van der Waals surface area contributed by atoms with Crippen LogP contribution in [0.15, 0.2) is 0 Å². The van der Waals surface area contributed by atoms with Crippen LogP contribution in [0.2, 0.25) is 0 Å². The molecule has 0 saturated carbocycles. The Hall–Kier alpha value is 0.730. The van der Waals surface area contributed by atoms with Gasteiger partial charge in [0.2, 0.25) is 9.05 Å². The molecular formula is C15H31Cl3O5S2. The molecule has 0 aromatic heterocycles. The highest BCUT2D eigenvalue weighted by Gasteiger charge is 2.17. The number of hydrogen-bond donors (Lipinski definition) is 0. The molecule has 0 rings (SSSR count). The van der Waals surface area contributed by atoms with Gasteiger partial charge in [-0.2, -0.15) is 8.42 Å². The van der Waals surface area contributed by atoms with E-state index < -0.39 is 19.2 Å². The fourth-order valence-corrected chi connectivity index (χ4v) is 3.88. The van der Waals surface area contributed by atoms with Gasteiger partial charge in [0.25, 0.3) is 10.1 Å². The Morgan fingerprint density at radius 3 is 1.56 bits per heavy atom. The van der Waals surface area contributed by atoms with Gasteiger partial charge in [0.1, 0.15) is 0 Å². The van der Waals surface area contributed by atoms with Gasteiger partial charge in [0, 0.05) is 22.4 Å². The third-order valence-electron chi connectivity index (χ3n) is 2.72. The lowest BCUT2D eigenvalue weighted by atomic mass is 9.99. The van der Waals surface area contributed by atoms with E-state index in [2.05, 4.69) is 0 Å². The lowest BCUT2D eigenvalue weighted by Gasteiger charge is -2.17. The zero-order valence-electron chi connectivity index (χ0n) is 15.3. The van der Waals surface area contributed by atoms with Crippen LogP contribution in [-0.2, 0) is 23.4 Å². The Bertz CT molecular complexity index is 514. The maximum atomic E-state index is 11.4. The highest BCUT2D eigenvalue weighted by Crippen LogP contribution is 2.15. The summed E-state index contributed by atoms with van der Waals surface area (Å²) in [5, 5.41) is 0. The van der Waals surface area contributed by atoms with Gasteiger partial charge >= 0.3 is 0 Å². The molecule has 0 bridgehead atoms. The third-order valence-corrected chi connectivity index (χ3v) is 5.76. The zero-order valence-corrected chi connectivity index (χ0v) is 19.2. The van der Waals surface area contributed by atoms with Crippen LogP contribution in [0.1, 0.15) is 59.3 Å². The maximum Gasteiger partial charge on any atom is 0.267 e. The van der Waals surface area contributed by atoms with Crippen LogP contribution in [0.25, 0.3) is 0 Å². The van der Waals surface area contributed by atoms with Crippen molar-refractivity contribution in [3.05, 3.63) is 0 Å². The molecule has 0 aliphatic heterocycles. The Morgan fingerprint density at radius 2 is 1.20 bits per heavy atom. The van der Waals surface area contributed by atoms with Crippen molar-refractivity contribution in [3.63, 3.8) is 0 Å². The van der Waals surface area contributed by atoms with Crippen molar-refractivity contribution in [2.24, 2.45) is 5.41 Å². The minimum Gasteiger partial charge on any atom is -0.270 e. The van der Waals surface area contributed by atoms with E-state index in [1.807, 2.05) is 20.8 Å². The zero-order chi connectivity index (χ0) is 20.0. The standard InChI is InChI=1S/C10H21ClO3S.C5H10Cl2O2S/c1-10(2,3)9-14-15(12,13)8-6-4-5-7-11;6-4-2-1-3-5-10(7,8)9/h4-9H2,1-3H3;1-5H2. The van der Waals surface area contributed by atoms with E-state index in [0.29, 0.717) is 24.6 Å². The second-order valence-corrected chi connectivity index (χ2v) is 12.2. The monoisotopic (exact) mass is 460 g/mol. The molecule has 5 nitrogen and oxygen atoms in total. The second-order valence-electron chi connectivity index (χ2n) is 6.83. The smallest absolute Gasteiger partial charge is 0.267 e. The minimum atomic E-state index is -3.34. The first kappa shape index (κ1) is 27.9. The lowest BCUT2D eigenvalue weighted by Crippen LogP contribution is -2.20. The molecular weight excluding hydrogens is 431 g/mol. The normalized spacial score (nSPS) is 12.6. The molecule has 25 heavy (non-hydrogen) atoms. The summed E-state index contributed by atoms with van der Waals surface area (Å²) < 4.78 is 48.3. The van der Waals surface area contributed by atoms with Gasteiger partial charge in [0.15, 0.2) is 0 Å². The van der Waals surface area contributed by atoms with Gasteiger partial charge in [-0.1, -0.05) is 33.6 Å². The molecule has 0 aliphatic carbocycles. The average Bonchev–Trinajstić information content (AvgIpc) is 2.46. The number of halogens is 3. The molecule has 0 heterocycles. The summed E-state index contributed by atoms with van der Waals surface area (Å²) in [5.74, 6) is 1.33. The second kappa shape index (κ2) is 14.7. The van der Waals surface area contributed by atoms with Crippen molar-refractivity contribution < 1.29 is 21.0 Å².